The van der Waals surface area contributed by atoms with Crippen molar-refractivity contribution in [1.29, 1.82) is 0 Å². The van der Waals surface area contributed by atoms with E-state index in [4.69, 9.17) is 14.2 Å². The zero-order valence-corrected chi connectivity index (χ0v) is 16.7. The Kier molecular flexibility index (Phi) is 5.59. The van der Waals surface area contributed by atoms with Gasteiger partial charge in [0.25, 0.3) is 5.91 Å². The number of hydrogen-bond acceptors (Lipinski definition) is 4. The van der Waals surface area contributed by atoms with Crippen molar-refractivity contribution in [3.63, 3.8) is 0 Å². The lowest BCUT2D eigenvalue weighted by atomic mass is 9.98. The van der Waals surface area contributed by atoms with Crippen molar-refractivity contribution in [2.75, 3.05) is 20.8 Å². The van der Waals surface area contributed by atoms with Crippen molar-refractivity contribution in [3.05, 3.63) is 52.6 Å². The maximum Gasteiger partial charge on any atom is 0.258 e. The largest absolute Gasteiger partial charge is 0.496 e. The molecule has 2 aromatic carbocycles. The average molecular weight is 369 g/mol. The lowest BCUT2D eigenvalue weighted by molar-refractivity contribution is 0.0747. The van der Waals surface area contributed by atoms with E-state index in [-0.39, 0.29) is 11.8 Å². The van der Waals surface area contributed by atoms with E-state index < -0.39 is 0 Å². The summed E-state index contributed by atoms with van der Waals surface area (Å²) in [6, 6.07) is 9.73. The number of carbonyl (C=O) groups is 1. The number of carbonyl (C=O) groups excluding carboxylic acids is 1. The summed E-state index contributed by atoms with van der Waals surface area (Å²) >= 11 is 0. The van der Waals surface area contributed by atoms with Crippen LogP contribution in [-0.2, 0) is 13.1 Å². The predicted molar refractivity (Wildman–Crippen MR) is 105 cm³/mol. The van der Waals surface area contributed by atoms with Crippen LogP contribution in [0.25, 0.3) is 0 Å². The van der Waals surface area contributed by atoms with Crippen LogP contribution in [0.2, 0.25) is 0 Å². The van der Waals surface area contributed by atoms with Crippen molar-refractivity contribution in [3.8, 4) is 17.2 Å². The number of fused-ring (bicyclic) bond motifs is 1. The minimum absolute atomic E-state index is 0.0365. The van der Waals surface area contributed by atoms with Crippen molar-refractivity contribution in [2.24, 2.45) is 0 Å². The second kappa shape index (κ2) is 7.91. The van der Waals surface area contributed by atoms with Gasteiger partial charge < -0.3 is 19.1 Å². The zero-order chi connectivity index (χ0) is 19.6. The number of benzene rings is 2. The molecule has 3 rings (SSSR count). The van der Waals surface area contributed by atoms with Gasteiger partial charge >= 0.3 is 0 Å². The summed E-state index contributed by atoms with van der Waals surface area (Å²) in [6.07, 6.45) is 0. The Labute approximate surface area is 160 Å². The molecule has 2 aromatic rings. The van der Waals surface area contributed by atoms with Crippen molar-refractivity contribution < 1.29 is 19.0 Å². The quantitative estimate of drug-likeness (QED) is 0.758. The monoisotopic (exact) mass is 369 g/mol. The molecule has 0 atom stereocenters. The highest BCUT2D eigenvalue weighted by Crippen LogP contribution is 2.36. The van der Waals surface area contributed by atoms with E-state index in [1.54, 1.807) is 20.3 Å². The van der Waals surface area contributed by atoms with Crippen LogP contribution in [0.3, 0.4) is 0 Å². The van der Waals surface area contributed by atoms with Gasteiger partial charge in [-0.1, -0.05) is 19.9 Å². The molecule has 0 aromatic heterocycles. The molecule has 5 heteroatoms. The lowest BCUT2D eigenvalue weighted by Crippen LogP contribution is -2.26. The molecule has 0 radical (unpaired) electrons. The predicted octanol–water partition coefficient (Wildman–Crippen LogP) is 4.38. The summed E-state index contributed by atoms with van der Waals surface area (Å²) in [4.78, 5) is 15.1. The Morgan fingerprint density at radius 1 is 1.04 bits per heavy atom. The molecule has 0 unspecified atom stereocenters. The number of methoxy groups -OCH3 is 2. The van der Waals surface area contributed by atoms with Crippen LogP contribution in [0.5, 0.6) is 17.2 Å². The highest BCUT2D eigenvalue weighted by molar-refractivity contribution is 5.97. The summed E-state index contributed by atoms with van der Waals surface area (Å²) in [5.41, 5.74) is 3.85. The van der Waals surface area contributed by atoms with Crippen LogP contribution >= 0.6 is 0 Å². The van der Waals surface area contributed by atoms with Crippen molar-refractivity contribution in [1.82, 2.24) is 4.90 Å². The molecule has 1 amide bonds. The van der Waals surface area contributed by atoms with E-state index in [2.05, 4.69) is 13.8 Å². The molecular formula is C22H27NO4. The molecule has 0 aliphatic carbocycles. The van der Waals surface area contributed by atoms with E-state index in [0.29, 0.717) is 31.0 Å². The first-order chi connectivity index (χ1) is 13.0. The molecule has 27 heavy (non-hydrogen) atoms. The number of rotatable bonds is 6. The third-order valence-corrected chi connectivity index (χ3v) is 4.90. The fourth-order valence-corrected chi connectivity index (χ4v) is 3.48. The summed E-state index contributed by atoms with van der Waals surface area (Å²) in [5, 5.41) is 0. The van der Waals surface area contributed by atoms with Crippen LogP contribution in [0.15, 0.2) is 30.3 Å². The molecule has 0 spiro atoms. The first-order valence-corrected chi connectivity index (χ1v) is 9.28. The minimum atomic E-state index is -0.0365. The van der Waals surface area contributed by atoms with Gasteiger partial charge in [0.05, 0.1) is 26.4 Å². The Bertz CT molecular complexity index is 844. The van der Waals surface area contributed by atoms with Gasteiger partial charge in [-0.15, -0.1) is 0 Å². The maximum atomic E-state index is 13.3. The zero-order valence-electron chi connectivity index (χ0n) is 16.7. The first-order valence-electron chi connectivity index (χ1n) is 9.28. The standard InChI is InChI=1S/C22H27NO4/c1-6-27-17-8-7-15-12-23(13-16(15)9-17)22(24)19-10-18(14(2)3)20(25-4)11-21(19)26-5/h7-11,14H,6,12-13H2,1-5H3. The Balaban J connectivity index is 1.91. The SMILES string of the molecule is CCOc1ccc2c(c1)CN(C(=O)c1cc(C(C)C)c(OC)cc1OC)C2. The molecule has 1 aliphatic rings. The molecule has 0 saturated carbocycles. The topological polar surface area (TPSA) is 48.0 Å². The molecule has 0 fully saturated rings. The number of hydrogen-bond donors (Lipinski definition) is 0. The van der Waals surface area contributed by atoms with Gasteiger partial charge in [0.2, 0.25) is 0 Å². The normalized spacial score (nSPS) is 12.9. The minimum Gasteiger partial charge on any atom is -0.496 e. The van der Waals surface area contributed by atoms with Crippen LogP contribution < -0.4 is 14.2 Å². The molecule has 144 valence electrons. The second-order valence-electron chi connectivity index (χ2n) is 6.97. The van der Waals surface area contributed by atoms with E-state index in [1.807, 2.05) is 36.1 Å². The van der Waals surface area contributed by atoms with Gasteiger partial charge in [-0.25, -0.2) is 0 Å². The van der Waals surface area contributed by atoms with Crippen LogP contribution in [-0.4, -0.2) is 31.6 Å². The van der Waals surface area contributed by atoms with Gasteiger partial charge in [0, 0.05) is 19.2 Å². The highest BCUT2D eigenvalue weighted by atomic mass is 16.5. The van der Waals surface area contributed by atoms with E-state index in [0.717, 1.165) is 28.2 Å². The van der Waals surface area contributed by atoms with Gasteiger partial charge in [0.15, 0.2) is 0 Å². The van der Waals surface area contributed by atoms with Gasteiger partial charge in [-0.2, -0.15) is 0 Å². The maximum absolute atomic E-state index is 13.3. The summed E-state index contributed by atoms with van der Waals surface area (Å²) in [6.45, 7) is 7.92. The van der Waals surface area contributed by atoms with Gasteiger partial charge in [-0.3, -0.25) is 4.79 Å². The number of nitrogens with zero attached hydrogens (tertiary/aromatic N) is 1. The number of ether oxygens (including phenoxy) is 3. The van der Waals surface area contributed by atoms with Crippen LogP contribution in [0.1, 0.15) is 53.7 Å². The Morgan fingerprint density at radius 2 is 1.74 bits per heavy atom. The van der Waals surface area contributed by atoms with Crippen LogP contribution in [0, 0.1) is 0 Å². The third kappa shape index (κ3) is 3.72. The molecule has 0 N–H and O–H groups in total. The molecule has 1 heterocycles. The molecule has 1 aliphatic heterocycles. The van der Waals surface area contributed by atoms with Crippen LogP contribution in [0.4, 0.5) is 0 Å². The second-order valence-corrected chi connectivity index (χ2v) is 6.97. The first kappa shape index (κ1) is 19.1. The summed E-state index contributed by atoms with van der Waals surface area (Å²) in [5.74, 6) is 2.32. The lowest BCUT2D eigenvalue weighted by Gasteiger charge is -2.20. The molecule has 5 nitrogen and oxygen atoms in total. The Hall–Kier alpha value is -2.69. The van der Waals surface area contributed by atoms with Gasteiger partial charge in [0.1, 0.15) is 17.2 Å². The molecular weight excluding hydrogens is 342 g/mol. The highest BCUT2D eigenvalue weighted by Gasteiger charge is 2.28. The van der Waals surface area contributed by atoms with Crippen molar-refractivity contribution >= 4 is 5.91 Å². The van der Waals surface area contributed by atoms with E-state index in [9.17, 15) is 4.79 Å². The average Bonchev–Trinajstić information content (AvgIpc) is 3.09. The molecule has 0 saturated heterocycles. The van der Waals surface area contributed by atoms with Gasteiger partial charge in [-0.05, 0) is 47.7 Å². The molecule has 0 bridgehead atoms. The van der Waals surface area contributed by atoms with E-state index in [1.165, 1.54) is 0 Å². The Morgan fingerprint density at radius 3 is 2.37 bits per heavy atom. The third-order valence-electron chi connectivity index (χ3n) is 4.90. The summed E-state index contributed by atoms with van der Waals surface area (Å²) in [7, 11) is 3.21. The van der Waals surface area contributed by atoms with E-state index >= 15 is 0 Å². The fourth-order valence-electron chi connectivity index (χ4n) is 3.48. The fraction of sp³-hybridized carbons (Fsp3) is 0.409. The summed E-state index contributed by atoms with van der Waals surface area (Å²) < 4.78 is 16.5. The number of amides is 1. The van der Waals surface area contributed by atoms with Crippen molar-refractivity contribution in [2.45, 2.75) is 39.8 Å². The smallest absolute Gasteiger partial charge is 0.258 e.